The molecule has 1 saturated heterocycles. The van der Waals surface area contributed by atoms with Gasteiger partial charge in [-0.2, -0.15) is 11.8 Å². The Kier molecular flexibility index (Phi) is 2.73. The van der Waals surface area contributed by atoms with Crippen LogP contribution in [0, 0.1) is 11.3 Å². The maximum atomic E-state index is 13.5. The molecule has 0 aromatic carbocycles. The van der Waals surface area contributed by atoms with Gasteiger partial charge in [-0.15, -0.1) is 0 Å². The van der Waals surface area contributed by atoms with Crippen molar-refractivity contribution in [2.75, 3.05) is 11.5 Å². The Morgan fingerprint density at radius 1 is 1.53 bits per heavy atom. The Bertz CT molecular complexity index is 264. The van der Waals surface area contributed by atoms with Crippen LogP contribution in [0.15, 0.2) is 0 Å². The molecule has 0 aromatic heterocycles. The molecule has 1 aliphatic carbocycles. The topological polar surface area (TPSA) is 37.3 Å². The lowest BCUT2D eigenvalue weighted by atomic mass is 9.54. The Morgan fingerprint density at radius 3 is 2.60 bits per heavy atom. The summed E-state index contributed by atoms with van der Waals surface area (Å²) in [6.07, 6.45) is 2.45. The molecule has 0 aromatic rings. The van der Waals surface area contributed by atoms with E-state index in [2.05, 4.69) is 0 Å². The zero-order chi connectivity index (χ0) is 11.1. The molecule has 1 saturated carbocycles. The molecular formula is C11H17FO2S. The number of halogens is 1. The SMILES string of the molecule is CC1(F)CC(C(=O)O)(C2CCCSC2)C1. The van der Waals surface area contributed by atoms with Crippen molar-refractivity contribution in [2.24, 2.45) is 11.3 Å². The molecule has 0 radical (unpaired) electrons. The molecule has 0 spiro atoms. The monoisotopic (exact) mass is 232 g/mol. The van der Waals surface area contributed by atoms with Crippen molar-refractivity contribution in [2.45, 2.75) is 38.3 Å². The van der Waals surface area contributed by atoms with Crippen LogP contribution < -0.4 is 0 Å². The zero-order valence-electron chi connectivity index (χ0n) is 8.96. The van der Waals surface area contributed by atoms with E-state index >= 15 is 0 Å². The molecule has 2 fully saturated rings. The smallest absolute Gasteiger partial charge is 0.310 e. The predicted octanol–water partition coefficient (Wildman–Crippen LogP) is 2.72. The summed E-state index contributed by atoms with van der Waals surface area (Å²) in [6, 6.07) is 0. The van der Waals surface area contributed by atoms with Crippen molar-refractivity contribution in [1.29, 1.82) is 0 Å². The number of carboxylic acids is 1. The molecule has 1 heterocycles. The fourth-order valence-corrected chi connectivity index (χ4v) is 4.36. The Morgan fingerprint density at radius 2 is 2.20 bits per heavy atom. The quantitative estimate of drug-likeness (QED) is 0.795. The van der Waals surface area contributed by atoms with Gasteiger partial charge in [-0.05, 0) is 50.0 Å². The van der Waals surface area contributed by atoms with Gasteiger partial charge in [-0.3, -0.25) is 4.79 Å². The van der Waals surface area contributed by atoms with Gasteiger partial charge in [0.15, 0.2) is 0 Å². The van der Waals surface area contributed by atoms with Crippen LogP contribution in [0.3, 0.4) is 0 Å². The van der Waals surface area contributed by atoms with E-state index in [1.54, 1.807) is 0 Å². The number of hydrogen-bond acceptors (Lipinski definition) is 2. The summed E-state index contributed by atoms with van der Waals surface area (Å²) in [4.78, 5) is 11.3. The van der Waals surface area contributed by atoms with E-state index in [1.165, 1.54) is 6.92 Å². The molecule has 0 amide bonds. The summed E-state index contributed by atoms with van der Waals surface area (Å²) >= 11 is 1.81. The lowest BCUT2D eigenvalue weighted by molar-refractivity contribution is -0.175. The van der Waals surface area contributed by atoms with Crippen molar-refractivity contribution in [1.82, 2.24) is 0 Å². The van der Waals surface area contributed by atoms with Crippen LogP contribution in [0.2, 0.25) is 0 Å². The summed E-state index contributed by atoms with van der Waals surface area (Å²) in [5.74, 6) is 1.41. The fraction of sp³-hybridized carbons (Fsp3) is 0.909. The van der Waals surface area contributed by atoms with Crippen LogP contribution in [0.25, 0.3) is 0 Å². The second kappa shape index (κ2) is 3.65. The number of carboxylic acid groups (broad SMARTS) is 1. The van der Waals surface area contributed by atoms with E-state index in [9.17, 15) is 14.3 Å². The van der Waals surface area contributed by atoms with Gasteiger partial charge in [0.05, 0.1) is 5.41 Å². The highest BCUT2D eigenvalue weighted by atomic mass is 32.2. The molecule has 86 valence electrons. The van der Waals surface area contributed by atoms with Gasteiger partial charge in [0.2, 0.25) is 0 Å². The van der Waals surface area contributed by atoms with Crippen molar-refractivity contribution < 1.29 is 14.3 Å². The average Bonchev–Trinajstić information content (AvgIpc) is 2.14. The predicted molar refractivity (Wildman–Crippen MR) is 58.9 cm³/mol. The highest BCUT2D eigenvalue weighted by Crippen LogP contribution is 2.57. The van der Waals surface area contributed by atoms with Gasteiger partial charge >= 0.3 is 5.97 Å². The number of thioether (sulfide) groups is 1. The number of rotatable bonds is 2. The third-order valence-electron chi connectivity index (χ3n) is 3.74. The van der Waals surface area contributed by atoms with Crippen LogP contribution in [0.5, 0.6) is 0 Å². The van der Waals surface area contributed by atoms with Gasteiger partial charge in [-0.1, -0.05) is 0 Å². The summed E-state index contributed by atoms with van der Waals surface area (Å²) in [5, 5.41) is 9.29. The Hall–Kier alpha value is -0.250. The second-order valence-corrected chi connectivity index (χ2v) is 6.29. The first-order chi connectivity index (χ1) is 6.96. The van der Waals surface area contributed by atoms with E-state index in [1.807, 2.05) is 11.8 Å². The van der Waals surface area contributed by atoms with Gasteiger partial charge in [0, 0.05) is 0 Å². The Labute approximate surface area is 93.6 Å². The maximum Gasteiger partial charge on any atom is 0.310 e. The maximum absolute atomic E-state index is 13.5. The average molecular weight is 232 g/mol. The van der Waals surface area contributed by atoms with E-state index in [0.717, 1.165) is 24.3 Å². The van der Waals surface area contributed by atoms with E-state index in [0.29, 0.717) is 0 Å². The van der Waals surface area contributed by atoms with Gasteiger partial charge < -0.3 is 5.11 Å². The van der Waals surface area contributed by atoms with Gasteiger partial charge in [-0.25, -0.2) is 4.39 Å². The first-order valence-electron chi connectivity index (χ1n) is 5.46. The molecule has 1 N–H and O–H groups in total. The summed E-state index contributed by atoms with van der Waals surface area (Å²) in [7, 11) is 0. The molecule has 15 heavy (non-hydrogen) atoms. The molecule has 1 unspecified atom stereocenters. The van der Waals surface area contributed by atoms with Crippen molar-refractivity contribution in [3.05, 3.63) is 0 Å². The lowest BCUT2D eigenvalue weighted by Crippen LogP contribution is -2.57. The first kappa shape index (κ1) is 11.2. The van der Waals surface area contributed by atoms with Gasteiger partial charge in [0.1, 0.15) is 5.67 Å². The second-order valence-electron chi connectivity index (χ2n) is 5.14. The van der Waals surface area contributed by atoms with Gasteiger partial charge in [0.25, 0.3) is 0 Å². The number of aliphatic carboxylic acids is 1. The molecule has 2 nitrogen and oxygen atoms in total. The summed E-state index contributed by atoms with van der Waals surface area (Å²) < 4.78 is 13.5. The van der Waals surface area contributed by atoms with Crippen molar-refractivity contribution in [3.8, 4) is 0 Å². The standard InChI is InChI=1S/C11H17FO2S/c1-10(12)6-11(7-10,9(13)14)8-3-2-4-15-5-8/h8H,2-7H2,1H3,(H,13,14). The normalized spacial score (nSPS) is 45.9. The van der Waals surface area contributed by atoms with Crippen LogP contribution in [-0.4, -0.2) is 28.3 Å². The molecule has 2 rings (SSSR count). The highest BCUT2D eigenvalue weighted by Gasteiger charge is 2.61. The number of hydrogen-bond donors (Lipinski definition) is 1. The largest absolute Gasteiger partial charge is 0.481 e. The summed E-state index contributed by atoms with van der Waals surface area (Å²) in [6.45, 7) is 1.52. The third kappa shape index (κ3) is 1.88. The van der Waals surface area contributed by atoms with Crippen molar-refractivity contribution in [3.63, 3.8) is 0 Å². The van der Waals surface area contributed by atoms with Crippen molar-refractivity contribution >= 4 is 17.7 Å². The first-order valence-corrected chi connectivity index (χ1v) is 6.62. The van der Waals surface area contributed by atoms with Crippen LogP contribution in [0.1, 0.15) is 32.6 Å². The molecule has 4 heteroatoms. The minimum absolute atomic E-state index is 0.178. The van der Waals surface area contributed by atoms with Crippen LogP contribution in [0.4, 0.5) is 4.39 Å². The molecule has 1 aliphatic heterocycles. The zero-order valence-corrected chi connectivity index (χ0v) is 9.78. The number of alkyl halides is 1. The van der Waals surface area contributed by atoms with E-state index in [4.69, 9.17) is 0 Å². The highest BCUT2D eigenvalue weighted by molar-refractivity contribution is 7.99. The Balaban J connectivity index is 2.10. The minimum Gasteiger partial charge on any atom is -0.481 e. The lowest BCUT2D eigenvalue weighted by Gasteiger charge is -2.52. The van der Waals surface area contributed by atoms with Crippen LogP contribution in [-0.2, 0) is 4.79 Å². The minimum atomic E-state index is -1.25. The molecule has 2 aliphatic rings. The van der Waals surface area contributed by atoms with E-state index in [-0.39, 0.29) is 18.8 Å². The molecule has 1 atom stereocenters. The third-order valence-corrected chi connectivity index (χ3v) is 4.95. The molecular weight excluding hydrogens is 215 g/mol. The van der Waals surface area contributed by atoms with E-state index < -0.39 is 17.1 Å². The number of carbonyl (C=O) groups is 1. The summed E-state index contributed by atoms with van der Waals surface area (Å²) in [5.41, 5.74) is -2.00. The fourth-order valence-electron chi connectivity index (χ4n) is 3.05. The molecule has 0 bridgehead atoms. The van der Waals surface area contributed by atoms with Crippen LogP contribution >= 0.6 is 11.8 Å².